The first-order chi connectivity index (χ1) is 15.1. The minimum atomic E-state index is -0.250. The number of carbonyl (C=O) groups is 1. The zero-order chi connectivity index (χ0) is 21.4. The smallest absolute Gasteiger partial charge is 0.237 e. The number of nitrogens with zero attached hydrogens (tertiary/aromatic N) is 5. The fourth-order valence-corrected chi connectivity index (χ4v) is 5.16. The number of thioether (sulfide) groups is 1. The Morgan fingerprint density at radius 2 is 1.87 bits per heavy atom. The van der Waals surface area contributed by atoms with Crippen LogP contribution in [0.4, 0.5) is 4.39 Å². The molecule has 2 aromatic carbocycles. The summed E-state index contributed by atoms with van der Waals surface area (Å²) in [6.45, 7) is 3.52. The van der Waals surface area contributed by atoms with Crippen LogP contribution < -0.4 is 0 Å². The fraction of sp³-hybridized carbons (Fsp3) is 0.348. The van der Waals surface area contributed by atoms with E-state index >= 15 is 0 Å². The van der Waals surface area contributed by atoms with E-state index in [9.17, 15) is 9.18 Å². The standard InChI is InChI=1S/C23H24FN5OS/c1-16-6-4-5-13-27(16)21(30)15-31-23-26-25-22-28(14-17-9-11-18(24)12-10-17)19-7-2-3-8-20(19)29(22)23/h2-3,7-12,16H,4-6,13-15H2,1H3/t16-/m0/s1. The molecule has 1 aliphatic rings. The number of imidazole rings is 1. The molecular weight excluding hydrogens is 413 g/mol. The van der Waals surface area contributed by atoms with Gasteiger partial charge in [0, 0.05) is 12.6 Å². The summed E-state index contributed by atoms with van der Waals surface area (Å²) in [5.41, 5.74) is 3.00. The number of carbonyl (C=O) groups excluding carboxylic acids is 1. The maximum Gasteiger partial charge on any atom is 0.237 e. The van der Waals surface area contributed by atoms with Gasteiger partial charge < -0.3 is 9.47 Å². The Morgan fingerprint density at radius 3 is 2.65 bits per heavy atom. The van der Waals surface area contributed by atoms with Gasteiger partial charge in [-0.05, 0) is 56.0 Å². The number of halogens is 1. The average molecular weight is 438 g/mol. The fourth-order valence-electron chi connectivity index (χ4n) is 4.34. The molecule has 6 nitrogen and oxygen atoms in total. The highest BCUT2D eigenvalue weighted by Crippen LogP contribution is 2.27. The monoisotopic (exact) mass is 437 g/mol. The van der Waals surface area contributed by atoms with Crippen LogP contribution in [0.5, 0.6) is 0 Å². The quantitative estimate of drug-likeness (QED) is 0.435. The van der Waals surface area contributed by atoms with Crippen LogP contribution in [0.25, 0.3) is 16.8 Å². The maximum absolute atomic E-state index is 13.3. The van der Waals surface area contributed by atoms with Crippen molar-refractivity contribution in [2.45, 2.75) is 43.9 Å². The van der Waals surface area contributed by atoms with Gasteiger partial charge in [-0.2, -0.15) is 0 Å². The molecule has 0 spiro atoms. The Labute approximate surface area is 184 Å². The van der Waals surface area contributed by atoms with Crippen molar-refractivity contribution in [3.63, 3.8) is 0 Å². The lowest BCUT2D eigenvalue weighted by atomic mass is 10.0. The lowest BCUT2D eigenvalue weighted by Crippen LogP contribution is -2.42. The summed E-state index contributed by atoms with van der Waals surface area (Å²) < 4.78 is 17.4. The van der Waals surface area contributed by atoms with Crippen molar-refractivity contribution in [1.82, 2.24) is 24.1 Å². The second-order valence-electron chi connectivity index (χ2n) is 8.04. The second kappa shape index (κ2) is 8.34. The minimum absolute atomic E-state index is 0.156. The molecule has 0 bridgehead atoms. The van der Waals surface area contributed by atoms with Crippen LogP contribution in [0.1, 0.15) is 31.7 Å². The second-order valence-corrected chi connectivity index (χ2v) is 8.98. The Kier molecular flexibility index (Phi) is 5.40. The Morgan fingerprint density at radius 1 is 1.10 bits per heavy atom. The van der Waals surface area contributed by atoms with Gasteiger partial charge >= 0.3 is 0 Å². The van der Waals surface area contributed by atoms with E-state index in [0.29, 0.717) is 29.3 Å². The molecule has 1 atom stereocenters. The van der Waals surface area contributed by atoms with E-state index in [-0.39, 0.29) is 11.7 Å². The number of rotatable bonds is 5. The SMILES string of the molecule is C[C@H]1CCCCN1C(=O)CSc1nnc2n(Cc3ccc(F)cc3)c3ccccc3n12. The summed E-state index contributed by atoms with van der Waals surface area (Å²) >= 11 is 1.43. The summed E-state index contributed by atoms with van der Waals surface area (Å²) in [5, 5.41) is 9.52. The first-order valence-electron chi connectivity index (χ1n) is 10.6. The molecule has 0 aliphatic carbocycles. The minimum Gasteiger partial charge on any atom is -0.339 e. The zero-order valence-corrected chi connectivity index (χ0v) is 18.2. The molecule has 1 fully saturated rings. The molecule has 8 heteroatoms. The molecule has 1 aliphatic heterocycles. The van der Waals surface area contributed by atoms with Gasteiger partial charge in [0.15, 0.2) is 5.16 Å². The van der Waals surface area contributed by atoms with Gasteiger partial charge in [-0.3, -0.25) is 9.20 Å². The van der Waals surface area contributed by atoms with Gasteiger partial charge in [-0.1, -0.05) is 36.0 Å². The molecule has 0 N–H and O–H groups in total. The molecule has 31 heavy (non-hydrogen) atoms. The molecule has 0 radical (unpaired) electrons. The number of amides is 1. The molecule has 1 amide bonds. The maximum atomic E-state index is 13.3. The molecule has 0 saturated carbocycles. The highest BCUT2D eigenvalue weighted by atomic mass is 32.2. The third-order valence-electron chi connectivity index (χ3n) is 5.97. The Balaban J connectivity index is 1.45. The molecule has 1 saturated heterocycles. The third-order valence-corrected chi connectivity index (χ3v) is 6.89. The number of hydrogen-bond acceptors (Lipinski definition) is 4. The van der Waals surface area contributed by atoms with Gasteiger partial charge in [0.25, 0.3) is 0 Å². The van der Waals surface area contributed by atoms with E-state index in [1.807, 2.05) is 33.6 Å². The van der Waals surface area contributed by atoms with Gasteiger partial charge in [0.1, 0.15) is 5.82 Å². The molecule has 2 aromatic heterocycles. The lowest BCUT2D eigenvalue weighted by Gasteiger charge is -2.33. The first kappa shape index (κ1) is 20.1. The average Bonchev–Trinajstić information content (AvgIpc) is 3.33. The van der Waals surface area contributed by atoms with Gasteiger partial charge in [-0.25, -0.2) is 4.39 Å². The van der Waals surface area contributed by atoms with Crippen molar-refractivity contribution in [3.8, 4) is 0 Å². The van der Waals surface area contributed by atoms with E-state index in [0.717, 1.165) is 36.0 Å². The summed E-state index contributed by atoms with van der Waals surface area (Å²) in [6.07, 6.45) is 3.34. The number of aromatic nitrogens is 4. The van der Waals surface area contributed by atoms with Gasteiger partial charge in [-0.15, -0.1) is 10.2 Å². The molecule has 3 heterocycles. The van der Waals surface area contributed by atoms with Crippen LogP contribution in [0, 0.1) is 5.82 Å². The van der Waals surface area contributed by atoms with E-state index in [2.05, 4.69) is 21.7 Å². The molecule has 0 unspecified atom stereocenters. The summed E-state index contributed by atoms with van der Waals surface area (Å²) in [4.78, 5) is 14.8. The number of piperidine rings is 1. The zero-order valence-electron chi connectivity index (χ0n) is 17.4. The molecule has 160 valence electrons. The van der Waals surface area contributed by atoms with E-state index < -0.39 is 0 Å². The van der Waals surface area contributed by atoms with Crippen molar-refractivity contribution in [3.05, 3.63) is 59.9 Å². The highest BCUT2D eigenvalue weighted by molar-refractivity contribution is 7.99. The Hall–Kier alpha value is -2.87. The van der Waals surface area contributed by atoms with Crippen LogP contribution in [0.2, 0.25) is 0 Å². The number of para-hydroxylation sites is 2. The first-order valence-corrected chi connectivity index (χ1v) is 11.6. The highest BCUT2D eigenvalue weighted by Gasteiger charge is 2.24. The molecular formula is C23H24FN5OS. The lowest BCUT2D eigenvalue weighted by molar-refractivity contribution is -0.131. The van der Waals surface area contributed by atoms with Crippen LogP contribution in [0.15, 0.2) is 53.7 Å². The van der Waals surface area contributed by atoms with Crippen LogP contribution in [-0.4, -0.2) is 48.3 Å². The van der Waals surface area contributed by atoms with Crippen LogP contribution >= 0.6 is 11.8 Å². The van der Waals surface area contributed by atoms with Crippen molar-refractivity contribution >= 4 is 34.5 Å². The largest absolute Gasteiger partial charge is 0.339 e. The van der Waals surface area contributed by atoms with Crippen LogP contribution in [0.3, 0.4) is 0 Å². The number of benzene rings is 2. The predicted octanol–water partition coefficient (Wildman–Crippen LogP) is 4.36. The van der Waals surface area contributed by atoms with Crippen molar-refractivity contribution in [2.24, 2.45) is 0 Å². The molecule has 4 aromatic rings. The predicted molar refractivity (Wildman–Crippen MR) is 120 cm³/mol. The Bertz CT molecular complexity index is 1230. The third kappa shape index (κ3) is 3.80. The topological polar surface area (TPSA) is 55.4 Å². The van der Waals surface area contributed by atoms with E-state index in [1.54, 1.807) is 12.1 Å². The van der Waals surface area contributed by atoms with Crippen molar-refractivity contribution in [1.29, 1.82) is 0 Å². The number of fused-ring (bicyclic) bond motifs is 3. The number of likely N-dealkylation sites (tertiary alicyclic amines) is 1. The normalized spacial score (nSPS) is 17.0. The summed E-state index contributed by atoms with van der Waals surface area (Å²) in [7, 11) is 0. The molecule has 5 rings (SSSR count). The van der Waals surface area contributed by atoms with Gasteiger partial charge in [0.05, 0.1) is 23.3 Å². The van der Waals surface area contributed by atoms with Crippen molar-refractivity contribution < 1.29 is 9.18 Å². The van der Waals surface area contributed by atoms with Crippen LogP contribution in [-0.2, 0) is 11.3 Å². The van der Waals surface area contributed by atoms with E-state index in [4.69, 9.17) is 0 Å². The summed E-state index contributed by atoms with van der Waals surface area (Å²) in [6, 6.07) is 14.9. The summed E-state index contributed by atoms with van der Waals surface area (Å²) in [5.74, 6) is 0.971. The van der Waals surface area contributed by atoms with Crippen molar-refractivity contribution in [2.75, 3.05) is 12.3 Å². The van der Waals surface area contributed by atoms with Gasteiger partial charge in [0.2, 0.25) is 11.7 Å². The van der Waals surface area contributed by atoms with E-state index in [1.165, 1.54) is 30.3 Å². The number of hydrogen-bond donors (Lipinski definition) is 0.